The van der Waals surface area contributed by atoms with Crippen LogP contribution in [0.3, 0.4) is 0 Å². The fourth-order valence-electron chi connectivity index (χ4n) is 1.95. The van der Waals surface area contributed by atoms with Gasteiger partial charge in [-0.2, -0.15) is 0 Å². The molecule has 5 heteroatoms. The van der Waals surface area contributed by atoms with Crippen LogP contribution < -0.4 is 5.73 Å². The second-order valence-corrected chi connectivity index (χ2v) is 4.57. The van der Waals surface area contributed by atoms with Crippen molar-refractivity contribution in [2.24, 2.45) is 12.8 Å². The monoisotopic (exact) mass is 258 g/mol. The van der Waals surface area contributed by atoms with Crippen LogP contribution in [0.2, 0.25) is 5.02 Å². The van der Waals surface area contributed by atoms with E-state index in [0.29, 0.717) is 5.02 Å². The number of nitrogens with two attached hydrogens (primary N) is 1. The van der Waals surface area contributed by atoms with E-state index >= 15 is 0 Å². The highest BCUT2D eigenvalue weighted by Gasteiger charge is 2.18. The molecule has 1 aromatic heterocycles. The second-order valence-electron chi connectivity index (χ2n) is 4.13. The Balaban J connectivity index is 2.42. The minimum absolute atomic E-state index is 0.163. The molecule has 1 unspecified atom stereocenters. The maximum absolute atomic E-state index is 12.4. The number of aromatic nitrogens is 1. The lowest BCUT2D eigenvalue weighted by Crippen LogP contribution is -2.30. The van der Waals surface area contributed by atoms with E-state index in [1.165, 1.54) is 0 Å². The van der Waals surface area contributed by atoms with Crippen molar-refractivity contribution >= 4 is 22.5 Å². The van der Waals surface area contributed by atoms with E-state index in [-0.39, 0.29) is 6.42 Å². The summed E-state index contributed by atoms with van der Waals surface area (Å²) in [6.45, 7) is 0. The highest BCUT2D eigenvalue weighted by atomic mass is 35.5. The second kappa shape index (κ2) is 4.63. The smallest absolute Gasteiger partial charge is 0.253 e. The maximum Gasteiger partial charge on any atom is 0.253 e. The summed E-state index contributed by atoms with van der Waals surface area (Å²) < 4.78 is 26.7. The summed E-state index contributed by atoms with van der Waals surface area (Å²) in [5, 5.41) is 1.55. The van der Waals surface area contributed by atoms with E-state index in [1.54, 1.807) is 6.07 Å². The highest BCUT2D eigenvalue weighted by molar-refractivity contribution is 6.31. The minimum atomic E-state index is -2.50. The third kappa shape index (κ3) is 2.42. The number of nitrogens with zero attached hydrogens (tertiary/aromatic N) is 1. The van der Waals surface area contributed by atoms with Crippen LogP contribution in [0.1, 0.15) is 5.56 Å². The molecule has 2 rings (SSSR count). The molecule has 1 atom stereocenters. The number of hydrogen-bond acceptors (Lipinski definition) is 1. The van der Waals surface area contributed by atoms with Gasteiger partial charge in [-0.1, -0.05) is 17.7 Å². The van der Waals surface area contributed by atoms with Crippen LogP contribution in [-0.2, 0) is 13.5 Å². The Morgan fingerprint density at radius 1 is 1.41 bits per heavy atom. The third-order valence-corrected chi connectivity index (χ3v) is 3.05. The Hall–Kier alpha value is -1.13. The minimum Gasteiger partial charge on any atom is -0.350 e. The van der Waals surface area contributed by atoms with Crippen molar-refractivity contribution in [1.82, 2.24) is 4.57 Å². The van der Waals surface area contributed by atoms with Crippen LogP contribution in [0.15, 0.2) is 24.4 Å². The average Bonchev–Trinajstić information content (AvgIpc) is 2.55. The molecule has 1 aromatic carbocycles. The van der Waals surface area contributed by atoms with Gasteiger partial charge < -0.3 is 10.3 Å². The van der Waals surface area contributed by atoms with Crippen molar-refractivity contribution in [3.63, 3.8) is 0 Å². The van der Waals surface area contributed by atoms with Gasteiger partial charge in [-0.05, 0) is 24.1 Å². The predicted octanol–water partition coefficient (Wildman–Crippen LogP) is 2.97. The zero-order valence-electron chi connectivity index (χ0n) is 9.33. The molecule has 0 amide bonds. The van der Waals surface area contributed by atoms with Gasteiger partial charge in [-0.3, -0.25) is 0 Å². The zero-order valence-corrected chi connectivity index (χ0v) is 10.1. The molecule has 2 nitrogen and oxygen atoms in total. The predicted molar refractivity (Wildman–Crippen MR) is 65.6 cm³/mol. The van der Waals surface area contributed by atoms with E-state index in [9.17, 15) is 8.78 Å². The number of aryl methyl sites for hydroxylation is 1. The zero-order chi connectivity index (χ0) is 12.6. The first-order chi connectivity index (χ1) is 7.99. The van der Waals surface area contributed by atoms with Gasteiger partial charge in [0, 0.05) is 29.2 Å². The molecule has 0 radical (unpaired) electrons. The molecule has 1 heterocycles. The number of hydrogen-bond donors (Lipinski definition) is 1. The first-order valence-electron chi connectivity index (χ1n) is 5.26. The number of rotatable bonds is 3. The van der Waals surface area contributed by atoms with E-state index in [4.69, 9.17) is 17.3 Å². The first-order valence-corrected chi connectivity index (χ1v) is 5.64. The number of halogens is 3. The lowest BCUT2D eigenvalue weighted by Gasteiger charge is -2.08. The van der Waals surface area contributed by atoms with Crippen LogP contribution >= 0.6 is 11.6 Å². The van der Waals surface area contributed by atoms with E-state index in [2.05, 4.69) is 0 Å². The molecule has 0 spiro atoms. The quantitative estimate of drug-likeness (QED) is 0.902. The Bertz CT molecular complexity index is 537. The van der Waals surface area contributed by atoms with E-state index in [1.807, 2.05) is 29.9 Å². The largest absolute Gasteiger partial charge is 0.350 e. The number of alkyl halides is 2. The lowest BCUT2D eigenvalue weighted by atomic mass is 10.1. The van der Waals surface area contributed by atoms with Crippen molar-refractivity contribution in [2.45, 2.75) is 18.9 Å². The van der Waals surface area contributed by atoms with Crippen LogP contribution in [0, 0.1) is 0 Å². The number of benzene rings is 1. The SMILES string of the molecule is Cn1cc(CC(N)C(F)F)c2ccc(Cl)cc21. The van der Waals surface area contributed by atoms with Gasteiger partial charge in [0.25, 0.3) is 6.43 Å². The maximum atomic E-state index is 12.4. The summed E-state index contributed by atoms with van der Waals surface area (Å²) in [5.41, 5.74) is 7.14. The van der Waals surface area contributed by atoms with E-state index in [0.717, 1.165) is 16.5 Å². The Morgan fingerprint density at radius 2 is 2.12 bits per heavy atom. The van der Waals surface area contributed by atoms with Gasteiger partial charge in [-0.25, -0.2) is 8.78 Å². The normalized spacial score (nSPS) is 13.5. The summed E-state index contributed by atoms with van der Waals surface area (Å²) >= 11 is 5.90. The van der Waals surface area contributed by atoms with Gasteiger partial charge in [0.2, 0.25) is 0 Å². The molecule has 0 aliphatic rings. The van der Waals surface area contributed by atoms with Crippen LogP contribution in [0.4, 0.5) is 8.78 Å². The Morgan fingerprint density at radius 3 is 2.76 bits per heavy atom. The molecule has 0 aliphatic carbocycles. The topological polar surface area (TPSA) is 30.9 Å². The summed E-state index contributed by atoms with van der Waals surface area (Å²) in [7, 11) is 1.86. The van der Waals surface area contributed by atoms with Gasteiger partial charge in [0.15, 0.2) is 0 Å². The summed E-state index contributed by atoms with van der Waals surface area (Å²) in [6, 6.07) is 4.28. The molecule has 2 aromatic rings. The van der Waals surface area contributed by atoms with Crippen LogP contribution in [0.5, 0.6) is 0 Å². The third-order valence-electron chi connectivity index (χ3n) is 2.81. The van der Waals surface area contributed by atoms with Gasteiger partial charge in [0.1, 0.15) is 0 Å². The molecule has 0 saturated carbocycles. The Labute approximate surface area is 103 Å². The van der Waals surface area contributed by atoms with Crippen LogP contribution in [0.25, 0.3) is 10.9 Å². The molecule has 0 aliphatic heterocycles. The van der Waals surface area contributed by atoms with Gasteiger partial charge in [0.05, 0.1) is 6.04 Å². The molecule has 17 heavy (non-hydrogen) atoms. The summed E-state index contributed by atoms with van der Waals surface area (Å²) in [5.74, 6) is 0. The summed E-state index contributed by atoms with van der Waals surface area (Å²) in [6.07, 6.45) is -0.516. The van der Waals surface area contributed by atoms with Crippen molar-refractivity contribution in [3.05, 3.63) is 35.0 Å². The highest BCUT2D eigenvalue weighted by Crippen LogP contribution is 2.25. The molecule has 0 bridgehead atoms. The average molecular weight is 259 g/mol. The molecular formula is C12H13ClF2N2. The molecule has 0 fully saturated rings. The Kier molecular flexibility index (Phi) is 3.35. The lowest BCUT2D eigenvalue weighted by molar-refractivity contribution is 0.116. The van der Waals surface area contributed by atoms with Crippen molar-refractivity contribution in [1.29, 1.82) is 0 Å². The van der Waals surface area contributed by atoms with E-state index < -0.39 is 12.5 Å². The standard InChI is InChI=1S/C12H13ClF2N2/c1-17-6-7(4-10(16)12(14)15)9-3-2-8(13)5-11(9)17/h2-3,5-6,10,12H,4,16H2,1H3. The van der Waals surface area contributed by atoms with Gasteiger partial charge in [-0.15, -0.1) is 0 Å². The molecule has 92 valence electrons. The molecule has 0 saturated heterocycles. The fraction of sp³-hybridized carbons (Fsp3) is 0.333. The van der Waals surface area contributed by atoms with Crippen molar-refractivity contribution < 1.29 is 8.78 Å². The van der Waals surface area contributed by atoms with Crippen LogP contribution in [-0.4, -0.2) is 17.0 Å². The molecule has 2 N–H and O–H groups in total. The molecular weight excluding hydrogens is 246 g/mol. The first kappa shape index (κ1) is 12.3. The fourth-order valence-corrected chi connectivity index (χ4v) is 2.11. The number of fused-ring (bicyclic) bond motifs is 1. The van der Waals surface area contributed by atoms with Gasteiger partial charge >= 0.3 is 0 Å². The van der Waals surface area contributed by atoms with Crippen molar-refractivity contribution in [3.8, 4) is 0 Å². The van der Waals surface area contributed by atoms with Crippen molar-refractivity contribution in [2.75, 3.05) is 0 Å². The summed E-state index contributed by atoms with van der Waals surface area (Å²) in [4.78, 5) is 0.